The van der Waals surface area contributed by atoms with Gasteiger partial charge >= 0.3 is 5.97 Å². The molecular formula is C14H28N2O3. The van der Waals surface area contributed by atoms with Gasteiger partial charge in [-0.25, -0.2) is 0 Å². The van der Waals surface area contributed by atoms with Crippen molar-refractivity contribution in [3.63, 3.8) is 0 Å². The quantitative estimate of drug-likeness (QED) is 0.591. The van der Waals surface area contributed by atoms with E-state index in [1.54, 1.807) is 7.11 Å². The van der Waals surface area contributed by atoms with Crippen LogP contribution in [0.3, 0.4) is 0 Å². The standard InChI is InChI=1S/C14H28N2O3/c1-4-8-15-14(13(17)18,12-6-7-12)11-16(5-2)9-10-19-3/h12,15H,4-11H2,1-3H3,(H,17,18). The van der Waals surface area contributed by atoms with Crippen molar-refractivity contribution in [2.45, 2.75) is 38.6 Å². The van der Waals surface area contributed by atoms with E-state index in [2.05, 4.69) is 24.1 Å². The summed E-state index contributed by atoms with van der Waals surface area (Å²) in [4.78, 5) is 14.0. The van der Waals surface area contributed by atoms with Gasteiger partial charge in [-0.2, -0.15) is 0 Å². The molecule has 0 radical (unpaired) electrons. The van der Waals surface area contributed by atoms with Crippen LogP contribution < -0.4 is 5.32 Å². The van der Waals surface area contributed by atoms with Crippen LogP contribution in [0.15, 0.2) is 0 Å². The molecule has 1 aliphatic carbocycles. The molecule has 112 valence electrons. The third-order valence-corrected chi connectivity index (χ3v) is 3.88. The second-order valence-electron chi connectivity index (χ2n) is 5.34. The summed E-state index contributed by atoms with van der Waals surface area (Å²) in [6.07, 6.45) is 2.99. The van der Waals surface area contributed by atoms with Crippen LogP contribution in [0.1, 0.15) is 33.1 Å². The second kappa shape index (κ2) is 7.82. The van der Waals surface area contributed by atoms with Crippen molar-refractivity contribution < 1.29 is 14.6 Å². The molecular weight excluding hydrogens is 244 g/mol. The van der Waals surface area contributed by atoms with E-state index in [-0.39, 0.29) is 5.92 Å². The van der Waals surface area contributed by atoms with Gasteiger partial charge in [0.1, 0.15) is 5.54 Å². The fraction of sp³-hybridized carbons (Fsp3) is 0.929. The van der Waals surface area contributed by atoms with Crippen LogP contribution in [-0.2, 0) is 9.53 Å². The van der Waals surface area contributed by atoms with Crippen molar-refractivity contribution in [2.75, 3.05) is 39.9 Å². The second-order valence-corrected chi connectivity index (χ2v) is 5.34. The SMILES string of the molecule is CCCNC(CN(CC)CCOC)(C(=O)O)C1CC1. The van der Waals surface area contributed by atoms with E-state index in [0.717, 1.165) is 38.9 Å². The van der Waals surface area contributed by atoms with Gasteiger partial charge in [-0.3, -0.25) is 9.69 Å². The minimum atomic E-state index is -0.778. The number of likely N-dealkylation sites (N-methyl/N-ethyl adjacent to an activating group) is 1. The lowest BCUT2D eigenvalue weighted by molar-refractivity contribution is -0.147. The van der Waals surface area contributed by atoms with E-state index >= 15 is 0 Å². The van der Waals surface area contributed by atoms with Gasteiger partial charge < -0.3 is 15.2 Å². The maximum absolute atomic E-state index is 11.8. The smallest absolute Gasteiger partial charge is 0.325 e. The summed E-state index contributed by atoms with van der Waals surface area (Å²) in [5.74, 6) is -0.438. The van der Waals surface area contributed by atoms with E-state index in [9.17, 15) is 9.90 Å². The van der Waals surface area contributed by atoms with E-state index < -0.39 is 11.5 Å². The molecule has 1 atom stereocenters. The zero-order valence-corrected chi connectivity index (χ0v) is 12.4. The Labute approximate surface area is 116 Å². The molecule has 19 heavy (non-hydrogen) atoms. The molecule has 1 rings (SSSR count). The molecule has 0 spiro atoms. The van der Waals surface area contributed by atoms with Gasteiger partial charge in [0.05, 0.1) is 6.61 Å². The molecule has 0 saturated heterocycles. The molecule has 0 amide bonds. The minimum Gasteiger partial charge on any atom is -0.480 e. The Hall–Kier alpha value is -0.650. The molecule has 0 aromatic carbocycles. The Morgan fingerprint density at radius 3 is 2.58 bits per heavy atom. The maximum atomic E-state index is 11.8. The first-order valence-corrected chi connectivity index (χ1v) is 7.30. The van der Waals surface area contributed by atoms with Crippen molar-refractivity contribution >= 4 is 5.97 Å². The number of hydrogen-bond donors (Lipinski definition) is 2. The van der Waals surface area contributed by atoms with E-state index in [1.165, 1.54) is 0 Å². The van der Waals surface area contributed by atoms with Crippen LogP contribution in [0.4, 0.5) is 0 Å². The largest absolute Gasteiger partial charge is 0.480 e. The van der Waals surface area contributed by atoms with Gasteiger partial charge in [-0.1, -0.05) is 13.8 Å². The average Bonchev–Trinajstić information content (AvgIpc) is 3.22. The van der Waals surface area contributed by atoms with Crippen molar-refractivity contribution in [3.05, 3.63) is 0 Å². The molecule has 0 bridgehead atoms. The number of carboxylic acid groups (broad SMARTS) is 1. The molecule has 2 N–H and O–H groups in total. The Bertz CT molecular complexity index is 282. The monoisotopic (exact) mass is 272 g/mol. The third-order valence-electron chi connectivity index (χ3n) is 3.88. The molecule has 0 aromatic heterocycles. The first-order chi connectivity index (χ1) is 9.10. The highest BCUT2D eigenvalue weighted by atomic mass is 16.5. The molecule has 5 heteroatoms. The summed E-state index contributed by atoms with van der Waals surface area (Å²) in [5, 5.41) is 13.0. The van der Waals surface area contributed by atoms with Crippen LogP contribution in [0, 0.1) is 5.92 Å². The van der Waals surface area contributed by atoms with E-state index in [4.69, 9.17) is 4.74 Å². The number of methoxy groups -OCH3 is 1. The molecule has 1 aliphatic rings. The highest BCUT2D eigenvalue weighted by Gasteiger charge is 2.51. The van der Waals surface area contributed by atoms with Crippen molar-refractivity contribution in [2.24, 2.45) is 5.92 Å². The summed E-state index contributed by atoms with van der Waals surface area (Å²) >= 11 is 0. The molecule has 0 aliphatic heterocycles. The number of nitrogens with one attached hydrogen (secondary N) is 1. The summed E-state index contributed by atoms with van der Waals surface area (Å²) in [6, 6.07) is 0. The summed E-state index contributed by atoms with van der Waals surface area (Å²) in [5.41, 5.74) is -0.778. The average molecular weight is 272 g/mol. The Morgan fingerprint density at radius 1 is 1.47 bits per heavy atom. The summed E-state index contributed by atoms with van der Waals surface area (Å²) in [7, 11) is 1.68. The first kappa shape index (κ1) is 16.4. The number of carbonyl (C=O) groups is 1. The number of carboxylic acids is 1. The highest BCUT2D eigenvalue weighted by molar-refractivity contribution is 5.80. The zero-order valence-electron chi connectivity index (χ0n) is 12.4. The molecule has 1 unspecified atom stereocenters. The number of nitrogens with zero attached hydrogens (tertiary/aromatic N) is 1. The van der Waals surface area contributed by atoms with Gasteiger partial charge in [0, 0.05) is 20.2 Å². The minimum absolute atomic E-state index is 0.271. The van der Waals surface area contributed by atoms with E-state index in [0.29, 0.717) is 13.2 Å². The lowest BCUT2D eigenvalue weighted by Crippen LogP contribution is -2.61. The van der Waals surface area contributed by atoms with Gasteiger partial charge in [-0.15, -0.1) is 0 Å². The number of ether oxygens (including phenoxy) is 1. The van der Waals surface area contributed by atoms with Gasteiger partial charge in [-0.05, 0) is 38.3 Å². The topological polar surface area (TPSA) is 61.8 Å². The Kier molecular flexibility index (Phi) is 6.75. The number of hydrogen-bond acceptors (Lipinski definition) is 4. The first-order valence-electron chi connectivity index (χ1n) is 7.30. The number of rotatable bonds is 11. The van der Waals surface area contributed by atoms with Crippen molar-refractivity contribution in [3.8, 4) is 0 Å². The van der Waals surface area contributed by atoms with Crippen LogP contribution >= 0.6 is 0 Å². The molecule has 0 heterocycles. The van der Waals surface area contributed by atoms with Crippen LogP contribution in [0.25, 0.3) is 0 Å². The van der Waals surface area contributed by atoms with Gasteiger partial charge in [0.15, 0.2) is 0 Å². The lowest BCUT2D eigenvalue weighted by atomic mass is 9.92. The van der Waals surface area contributed by atoms with Crippen LogP contribution in [0.2, 0.25) is 0 Å². The normalized spacial score (nSPS) is 18.5. The van der Waals surface area contributed by atoms with Crippen LogP contribution in [0.5, 0.6) is 0 Å². The lowest BCUT2D eigenvalue weighted by Gasteiger charge is -2.36. The molecule has 5 nitrogen and oxygen atoms in total. The fourth-order valence-corrected chi connectivity index (χ4v) is 2.49. The Morgan fingerprint density at radius 2 is 2.16 bits per heavy atom. The predicted octanol–water partition coefficient (Wildman–Crippen LogP) is 1.19. The zero-order chi connectivity index (χ0) is 14.3. The van der Waals surface area contributed by atoms with Gasteiger partial charge in [0.2, 0.25) is 0 Å². The van der Waals surface area contributed by atoms with Crippen LogP contribution in [-0.4, -0.2) is 61.4 Å². The maximum Gasteiger partial charge on any atom is 0.325 e. The highest BCUT2D eigenvalue weighted by Crippen LogP contribution is 2.40. The fourth-order valence-electron chi connectivity index (χ4n) is 2.49. The summed E-state index contributed by atoms with van der Waals surface area (Å²) < 4.78 is 5.10. The van der Waals surface area contributed by atoms with Crippen molar-refractivity contribution in [1.29, 1.82) is 0 Å². The van der Waals surface area contributed by atoms with Crippen molar-refractivity contribution in [1.82, 2.24) is 10.2 Å². The third kappa shape index (κ3) is 4.44. The Balaban J connectivity index is 2.73. The predicted molar refractivity (Wildman–Crippen MR) is 75.4 cm³/mol. The molecule has 1 fully saturated rings. The number of aliphatic carboxylic acids is 1. The van der Waals surface area contributed by atoms with E-state index in [1.807, 2.05) is 0 Å². The summed E-state index contributed by atoms with van der Waals surface area (Å²) in [6.45, 7) is 7.71. The van der Waals surface area contributed by atoms with Gasteiger partial charge in [0.25, 0.3) is 0 Å². The molecule has 0 aromatic rings. The molecule has 1 saturated carbocycles.